The Morgan fingerprint density at radius 1 is 1.35 bits per heavy atom. The number of morpholine rings is 1. The molecule has 3 unspecified atom stereocenters. The number of ether oxygens (including phenoxy) is 1. The van der Waals surface area contributed by atoms with Gasteiger partial charge in [0.1, 0.15) is 0 Å². The van der Waals surface area contributed by atoms with Gasteiger partial charge in [-0.25, -0.2) is 0 Å². The number of nitrogens with zero attached hydrogens (tertiary/aromatic N) is 1. The van der Waals surface area contributed by atoms with Gasteiger partial charge >= 0.3 is 0 Å². The second kappa shape index (κ2) is 8.60. The van der Waals surface area contributed by atoms with Gasteiger partial charge in [0.15, 0.2) is 0 Å². The minimum absolute atomic E-state index is 0.00719. The molecular formula is C15H30N2O3. The van der Waals surface area contributed by atoms with E-state index in [0.717, 1.165) is 19.4 Å². The lowest BCUT2D eigenvalue weighted by Crippen LogP contribution is -2.51. The normalized spacial score (nSPS) is 25.7. The topological polar surface area (TPSA) is 61.8 Å². The van der Waals surface area contributed by atoms with E-state index >= 15 is 0 Å². The molecule has 0 aromatic carbocycles. The van der Waals surface area contributed by atoms with Crippen molar-refractivity contribution in [2.45, 2.75) is 58.8 Å². The van der Waals surface area contributed by atoms with Crippen LogP contribution in [0.25, 0.3) is 0 Å². The fourth-order valence-electron chi connectivity index (χ4n) is 2.55. The highest BCUT2D eigenvalue weighted by atomic mass is 16.5. The van der Waals surface area contributed by atoms with Crippen LogP contribution < -0.4 is 5.32 Å². The van der Waals surface area contributed by atoms with Gasteiger partial charge in [-0.15, -0.1) is 0 Å². The Morgan fingerprint density at radius 3 is 2.65 bits per heavy atom. The van der Waals surface area contributed by atoms with Gasteiger partial charge in [-0.05, 0) is 32.6 Å². The maximum Gasteiger partial charge on any atom is 0.234 e. The van der Waals surface area contributed by atoms with Crippen molar-refractivity contribution in [1.82, 2.24) is 10.2 Å². The van der Waals surface area contributed by atoms with E-state index in [1.54, 1.807) is 0 Å². The summed E-state index contributed by atoms with van der Waals surface area (Å²) in [5.41, 5.74) is 0. The van der Waals surface area contributed by atoms with Crippen molar-refractivity contribution in [3.05, 3.63) is 0 Å². The van der Waals surface area contributed by atoms with Crippen molar-refractivity contribution < 1.29 is 14.6 Å². The summed E-state index contributed by atoms with van der Waals surface area (Å²) >= 11 is 0. The Hall–Kier alpha value is -0.650. The number of hydrogen-bond acceptors (Lipinski definition) is 4. The van der Waals surface area contributed by atoms with E-state index in [-0.39, 0.29) is 30.8 Å². The molecule has 20 heavy (non-hydrogen) atoms. The van der Waals surface area contributed by atoms with Crippen LogP contribution in [-0.4, -0.2) is 60.4 Å². The molecule has 1 heterocycles. The van der Waals surface area contributed by atoms with E-state index in [9.17, 15) is 9.90 Å². The number of carbonyl (C=O) groups is 1. The van der Waals surface area contributed by atoms with E-state index in [1.807, 2.05) is 6.92 Å². The second-order valence-corrected chi connectivity index (χ2v) is 6.39. The van der Waals surface area contributed by atoms with Crippen molar-refractivity contribution in [2.24, 2.45) is 5.92 Å². The molecule has 1 rings (SSSR count). The lowest BCUT2D eigenvalue weighted by atomic mass is 10.0. The van der Waals surface area contributed by atoms with E-state index in [0.29, 0.717) is 19.0 Å². The molecule has 1 aliphatic heterocycles. The lowest BCUT2D eigenvalue weighted by Gasteiger charge is -2.35. The second-order valence-electron chi connectivity index (χ2n) is 6.39. The van der Waals surface area contributed by atoms with E-state index in [1.165, 1.54) is 0 Å². The predicted octanol–water partition coefficient (Wildman–Crippen LogP) is 1.01. The van der Waals surface area contributed by atoms with Gasteiger partial charge in [-0.1, -0.05) is 13.8 Å². The lowest BCUT2D eigenvalue weighted by molar-refractivity contribution is -0.129. The van der Waals surface area contributed by atoms with Crippen LogP contribution >= 0.6 is 0 Å². The first kappa shape index (κ1) is 17.4. The maximum absolute atomic E-state index is 12.0. The third-order valence-corrected chi connectivity index (χ3v) is 3.56. The van der Waals surface area contributed by atoms with Crippen LogP contribution in [0.1, 0.15) is 40.5 Å². The Kier molecular flexibility index (Phi) is 7.48. The van der Waals surface area contributed by atoms with Gasteiger partial charge in [0, 0.05) is 19.1 Å². The molecule has 0 radical (unpaired) electrons. The fourth-order valence-corrected chi connectivity index (χ4v) is 2.55. The molecule has 1 aliphatic rings. The first-order valence-electron chi connectivity index (χ1n) is 7.68. The van der Waals surface area contributed by atoms with Gasteiger partial charge in [0.2, 0.25) is 5.91 Å². The molecule has 1 amide bonds. The van der Waals surface area contributed by atoms with E-state index in [4.69, 9.17) is 4.74 Å². The van der Waals surface area contributed by atoms with Crippen molar-refractivity contribution in [2.75, 3.05) is 26.2 Å². The largest absolute Gasteiger partial charge is 0.394 e. The van der Waals surface area contributed by atoms with Crippen LogP contribution in [0.5, 0.6) is 0 Å². The summed E-state index contributed by atoms with van der Waals surface area (Å²) in [6.07, 6.45) is 2.03. The number of hydrogen-bond donors (Lipinski definition) is 2. The number of rotatable bonds is 7. The molecule has 2 N–H and O–H groups in total. The molecular weight excluding hydrogens is 256 g/mol. The summed E-state index contributed by atoms with van der Waals surface area (Å²) in [5.74, 6) is 0.729. The molecule has 5 heteroatoms. The minimum Gasteiger partial charge on any atom is -0.394 e. The first-order valence-corrected chi connectivity index (χ1v) is 7.68. The zero-order valence-electron chi connectivity index (χ0n) is 13.3. The third-order valence-electron chi connectivity index (χ3n) is 3.56. The van der Waals surface area contributed by atoms with Crippen molar-refractivity contribution in [3.8, 4) is 0 Å². The summed E-state index contributed by atoms with van der Waals surface area (Å²) in [6, 6.07) is 0.219. The Balaban J connectivity index is 2.30. The van der Waals surface area contributed by atoms with Crippen LogP contribution in [0, 0.1) is 5.92 Å². The molecule has 5 nitrogen and oxygen atoms in total. The molecule has 0 aromatic rings. The minimum atomic E-state index is -0.176. The molecule has 1 fully saturated rings. The fraction of sp³-hybridized carbons (Fsp3) is 0.933. The van der Waals surface area contributed by atoms with Crippen molar-refractivity contribution in [1.29, 1.82) is 0 Å². The molecule has 0 aromatic heterocycles. The van der Waals surface area contributed by atoms with Gasteiger partial charge < -0.3 is 15.2 Å². The van der Waals surface area contributed by atoms with Crippen LogP contribution in [0.4, 0.5) is 0 Å². The highest BCUT2D eigenvalue weighted by molar-refractivity contribution is 5.78. The van der Waals surface area contributed by atoms with Gasteiger partial charge in [0.05, 0.1) is 25.4 Å². The average Bonchev–Trinajstić information content (AvgIpc) is 2.35. The van der Waals surface area contributed by atoms with Gasteiger partial charge in [-0.3, -0.25) is 9.69 Å². The predicted molar refractivity (Wildman–Crippen MR) is 79.5 cm³/mol. The first-order chi connectivity index (χ1) is 9.40. The van der Waals surface area contributed by atoms with Crippen LogP contribution in [0.2, 0.25) is 0 Å². The van der Waals surface area contributed by atoms with E-state index < -0.39 is 0 Å². The standard InChI is InChI=1S/C15H30N2O3/c1-11(2)5-6-12(3)16-15(19)9-17-7-13(4)20-14(8-17)10-18/h11-14,18H,5-10H2,1-4H3,(H,16,19). The van der Waals surface area contributed by atoms with E-state index in [2.05, 4.69) is 31.0 Å². The Labute approximate surface area is 122 Å². The van der Waals surface area contributed by atoms with Crippen LogP contribution in [0.3, 0.4) is 0 Å². The molecule has 3 atom stereocenters. The van der Waals surface area contributed by atoms with Gasteiger partial charge in [-0.2, -0.15) is 0 Å². The number of aliphatic hydroxyl groups excluding tert-OH is 1. The SMILES string of the molecule is CC(C)CCC(C)NC(=O)CN1CC(C)OC(CO)C1. The smallest absolute Gasteiger partial charge is 0.234 e. The zero-order valence-corrected chi connectivity index (χ0v) is 13.3. The van der Waals surface area contributed by atoms with Gasteiger partial charge in [0.25, 0.3) is 0 Å². The molecule has 0 aliphatic carbocycles. The Bertz CT molecular complexity index is 297. The monoisotopic (exact) mass is 286 g/mol. The summed E-state index contributed by atoms with van der Waals surface area (Å²) in [5, 5.41) is 12.2. The highest BCUT2D eigenvalue weighted by Crippen LogP contribution is 2.10. The molecule has 118 valence electrons. The number of nitrogens with one attached hydrogen (secondary N) is 1. The summed E-state index contributed by atoms with van der Waals surface area (Å²) in [4.78, 5) is 14.1. The summed E-state index contributed by atoms with van der Waals surface area (Å²) in [6.45, 7) is 10.2. The van der Waals surface area contributed by atoms with Crippen molar-refractivity contribution >= 4 is 5.91 Å². The van der Waals surface area contributed by atoms with Crippen molar-refractivity contribution in [3.63, 3.8) is 0 Å². The number of aliphatic hydroxyl groups is 1. The summed E-state index contributed by atoms with van der Waals surface area (Å²) < 4.78 is 5.57. The molecule has 0 saturated carbocycles. The maximum atomic E-state index is 12.0. The number of carbonyl (C=O) groups excluding carboxylic acids is 1. The summed E-state index contributed by atoms with van der Waals surface area (Å²) in [7, 11) is 0. The zero-order chi connectivity index (χ0) is 15.1. The third kappa shape index (κ3) is 6.68. The molecule has 0 spiro atoms. The average molecular weight is 286 g/mol. The molecule has 1 saturated heterocycles. The Morgan fingerprint density at radius 2 is 2.05 bits per heavy atom. The van der Waals surface area contributed by atoms with Crippen LogP contribution in [-0.2, 0) is 9.53 Å². The quantitative estimate of drug-likeness (QED) is 0.733. The highest BCUT2D eigenvalue weighted by Gasteiger charge is 2.26. The molecule has 0 bridgehead atoms. The van der Waals surface area contributed by atoms with Crippen LogP contribution in [0.15, 0.2) is 0 Å². The number of amides is 1.